The molecule has 0 radical (unpaired) electrons. The Morgan fingerprint density at radius 1 is 1.03 bits per heavy atom. The number of nitrogens with zero attached hydrogens (tertiary/aromatic N) is 1. The summed E-state index contributed by atoms with van der Waals surface area (Å²) >= 11 is 0. The molecular weight excluding hydrogens is 440 g/mol. The van der Waals surface area contributed by atoms with E-state index >= 15 is 0 Å². The fourth-order valence-electron chi connectivity index (χ4n) is 3.98. The van der Waals surface area contributed by atoms with Crippen molar-refractivity contribution in [2.45, 2.75) is 52.4 Å². The number of sulfonamides is 1. The quantitative estimate of drug-likeness (QED) is 0.638. The van der Waals surface area contributed by atoms with E-state index in [4.69, 9.17) is 4.74 Å². The van der Waals surface area contributed by atoms with Gasteiger partial charge in [0.25, 0.3) is 5.91 Å². The van der Waals surface area contributed by atoms with Crippen LogP contribution in [0.15, 0.2) is 35.2 Å². The van der Waals surface area contributed by atoms with Gasteiger partial charge in [0, 0.05) is 18.8 Å². The Bertz CT molecular complexity index is 1150. The molecule has 0 saturated carbocycles. The number of amides is 1. The number of para-hydroxylation sites is 1. The lowest BCUT2D eigenvalue weighted by molar-refractivity contribution is -0.119. The highest BCUT2D eigenvalue weighted by atomic mass is 32.2. The van der Waals surface area contributed by atoms with E-state index in [1.807, 2.05) is 32.0 Å². The fourth-order valence-corrected chi connectivity index (χ4v) is 5.77. The van der Waals surface area contributed by atoms with E-state index in [0.29, 0.717) is 35.8 Å². The van der Waals surface area contributed by atoms with E-state index < -0.39 is 28.5 Å². The number of rotatable bonds is 6. The van der Waals surface area contributed by atoms with Gasteiger partial charge in [-0.15, -0.1) is 0 Å². The van der Waals surface area contributed by atoms with Crippen molar-refractivity contribution in [3.05, 3.63) is 58.1 Å². The second-order valence-corrected chi connectivity index (χ2v) is 10.8. The van der Waals surface area contributed by atoms with Gasteiger partial charge in [-0.05, 0) is 80.8 Å². The third-order valence-corrected chi connectivity index (χ3v) is 8.32. The van der Waals surface area contributed by atoms with Crippen LogP contribution in [0.1, 0.15) is 52.4 Å². The highest BCUT2D eigenvalue weighted by Crippen LogP contribution is 2.28. The monoisotopic (exact) mass is 472 g/mol. The van der Waals surface area contributed by atoms with Crippen molar-refractivity contribution in [2.24, 2.45) is 5.92 Å². The number of hydrogen-bond acceptors (Lipinski definition) is 5. The molecule has 2 aromatic rings. The molecule has 0 aliphatic carbocycles. The lowest BCUT2D eigenvalue weighted by atomic mass is 10.0. The SMILES string of the molecule is Cc1cc(C(=O)OCC(=O)Nc2c(C)cccc2C)cc(S(=O)(=O)N2CCC(C)CC2)c1C. The highest BCUT2D eigenvalue weighted by Gasteiger charge is 2.30. The number of ether oxygens (including phenoxy) is 1. The van der Waals surface area contributed by atoms with Gasteiger partial charge in [-0.1, -0.05) is 25.1 Å². The second-order valence-electron chi connectivity index (χ2n) is 8.89. The molecule has 0 atom stereocenters. The third kappa shape index (κ3) is 5.62. The van der Waals surface area contributed by atoms with Crippen LogP contribution in [-0.4, -0.2) is 44.3 Å². The second kappa shape index (κ2) is 10.1. The summed E-state index contributed by atoms with van der Waals surface area (Å²) in [6.45, 7) is 9.85. The molecule has 1 N–H and O–H groups in total. The molecule has 7 nitrogen and oxygen atoms in total. The number of carbonyl (C=O) groups excluding carboxylic acids is 2. The third-order valence-electron chi connectivity index (χ3n) is 6.30. The summed E-state index contributed by atoms with van der Waals surface area (Å²) in [4.78, 5) is 25.1. The highest BCUT2D eigenvalue weighted by molar-refractivity contribution is 7.89. The van der Waals surface area contributed by atoms with E-state index in [2.05, 4.69) is 12.2 Å². The van der Waals surface area contributed by atoms with Crippen molar-refractivity contribution in [3.8, 4) is 0 Å². The number of aryl methyl sites for hydroxylation is 3. The first-order valence-corrected chi connectivity index (χ1v) is 12.6. The van der Waals surface area contributed by atoms with E-state index in [9.17, 15) is 18.0 Å². The van der Waals surface area contributed by atoms with Crippen LogP contribution in [-0.2, 0) is 19.6 Å². The summed E-state index contributed by atoms with van der Waals surface area (Å²) in [5.74, 6) is -0.700. The zero-order valence-corrected chi connectivity index (χ0v) is 20.7. The average molecular weight is 473 g/mol. The molecule has 0 aromatic heterocycles. The predicted molar refractivity (Wildman–Crippen MR) is 128 cm³/mol. The smallest absolute Gasteiger partial charge is 0.338 e. The minimum atomic E-state index is -3.73. The first kappa shape index (κ1) is 24.9. The van der Waals surface area contributed by atoms with Crippen LogP contribution in [0, 0.1) is 33.6 Å². The standard InChI is InChI=1S/C25H32N2O5S/c1-16-9-11-27(12-10-16)33(30,31)22-14-21(13-19(4)20(22)5)25(29)32-15-23(28)26-24-17(2)7-6-8-18(24)3/h6-8,13-14,16H,9-12,15H2,1-5H3,(H,26,28). The van der Waals surface area contributed by atoms with Crippen molar-refractivity contribution >= 4 is 27.6 Å². The van der Waals surface area contributed by atoms with Crippen LogP contribution in [0.5, 0.6) is 0 Å². The number of benzene rings is 2. The van der Waals surface area contributed by atoms with Crippen molar-refractivity contribution < 1.29 is 22.7 Å². The maximum absolute atomic E-state index is 13.3. The molecule has 1 aliphatic heterocycles. The molecule has 1 amide bonds. The van der Waals surface area contributed by atoms with E-state index in [-0.39, 0.29) is 10.5 Å². The number of esters is 1. The molecular formula is C25H32N2O5S. The van der Waals surface area contributed by atoms with E-state index in [1.165, 1.54) is 10.4 Å². The fraction of sp³-hybridized carbons (Fsp3) is 0.440. The van der Waals surface area contributed by atoms with Crippen molar-refractivity contribution in [2.75, 3.05) is 25.0 Å². The van der Waals surface area contributed by atoms with E-state index in [0.717, 1.165) is 24.0 Å². The van der Waals surface area contributed by atoms with Crippen LogP contribution in [0.3, 0.4) is 0 Å². The van der Waals surface area contributed by atoms with Crippen LogP contribution in [0.4, 0.5) is 5.69 Å². The summed E-state index contributed by atoms with van der Waals surface area (Å²) in [5.41, 5.74) is 3.90. The van der Waals surface area contributed by atoms with Gasteiger partial charge in [0.05, 0.1) is 10.5 Å². The molecule has 3 rings (SSSR count). The van der Waals surface area contributed by atoms with Gasteiger partial charge >= 0.3 is 5.97 Å². The number of carbonyl (C=O) groups is 2. The lowest BCUT2D eigenvalue weighted by Crippen LogP contribution is -2.38. The molecule has 0 unspecified atom stereocenters. The summed E-state index contributed by atoms with van der Waals surface area (Å²) in [7, 11) is -3.73. The average Bonchev–Trinajstić information content (AvgIpc) is 2.76. The molecule has 1 saturated heterocycles. The molecule has 1 aliphatic rings. The van der Waals surface area contributed by atoms with Crippen molar-refractivity contribution in [1.82, 2.24) is 4.31 Å². The Balaban J connectivity index is 1.75. The van der Waals surface area contributed by atoms with Gasteiger partial charge < -0.3 is 10.1 Å². The minimum absolute atomic E-state index is 0.113. The van der Waals surface area contributed by atoms with Gasteiger partial charge in [-0.2, -0.15) is 4.31 Å². The molecule has 1 heterocycles. The Morgan fingerprint density at radius 2 is 1.64 bits per heavy atom. The first-order valence-electron chi connectivity index (χ1n) is 11.1. The summed E-state index contributed by atoms with van der Waals surface area (Å²) in [5, 5.41) is 2.77. The van der Waals surface area contributed by atoms with Crippen LogP contribution in [0.25, 0.3) is 0 Å². The number of piperidine rings is 1. The van der Waals surface area contributed by atoms with Crippen LogP contribution >= 0.6 is 0 Å². The molecule has 2 aromatic carbocycles. The summed E-state index contributed by atoms with van der Waals surface area (Å²) in [6, 6.07) is 8.62. The van der Waals surface area contributed by atoms with Gasteiger partial charge in [0.2, 0.25) is 10.0 Å². The van der Waals surface area contributed by atoms with Gasteiger partial charge in [0.15, 0.2) is 6.61 Å². The molecule has 178 valence electrons. The Kier molecular flexibility index (Phi) is 7.59. The molecule has 8 heteroatoms. The Labute approximate surface area is 196 Å². The topological polar surface area (TPSA) is 92.8 Å². The number of nitrogens with one attached hydrogen (secondary N) is 1. The van der Waals surface area contributed by atoms with Crippen LogP contribution < -0.4 is 5.32 Å². The molecule has 33 heavy (non-hydrogen) atoms. The van der Waals surface area contributed by atoms with Crippen LogP contribution in [0.2, 0.25) is 0 Å². The molecule has 0 spiro atoms. The van der Waals surface area contributed by atoms with Crippen molar-refractivity contribution in [3.63, 3.8) is 0 Å². The van der Waals surface area contributed by atoms with Gasteiger partial charge in [0.1, 0.15) is 0 Å². The lowest BCUT2D eigenvalue weighted by Gasteiger charge is -2.30. The van der Waals surface area contributed by atoms with Gasteiger partial charge in [-0.25, -0.2) is 13.2 Å². The normalized spacial score (nSPS) is 15.3. The zero-order chi connectivity index (χ0) is 24.3. The number of anilines is 1. The maximum Gasteiger partial charge on any atom is 0.338 e. The predicted octanol–water partition coefficient (Wildman–Crippen LogP) is 4.14. The van der Waals surface area contributed by atoms with Gasteiger partial charge in [-0.3, -0.25) is 4.79 Å². The van der Waals surface area contributed by atoms with Crippen molar-refractivity contribution in [1.29, 1.82) is 0 Å². The largest absolute Gasteiger partial charge is 0.452 e. The molecule has 1 fully saturated rings. The summed E-state index contributed by atoms with van der Waals surface area (Å²) < 4.78 is 33.3. The molecule has 0 bridgehead atoms. The minimum Gasteiger partial charge on any atom is -0.452 e. The zero-order valence-electron chi connectivity index (χ0n) is 19.9. The Morgan fingerprint density at radius 3 is 2.24 bits per heavy atom. The summed E-state index contributed by atoms with van der Waals surface area (Å²) in [6.07, 6.45) is 1.63. The maximum atomic E-state index is 13.3. The number of hydrogen-bond donors (Lipinski definition) is 1. The van der Waals surface area contributed by atoms with E-state index in [1.54, 1.807) is 19.9 Å². The Hall–Kier alpha value is -2.71. The first-order chi connectivity index (χ1) is 15.5.